The van der Waals surface area contributed by atoms with Crippen molar-refractivity contribution in [2.24, 2.45) is 5.41 Å². The maximum atomic E-state index is 12.6. The van der Waals surface area contributed by atoms with Crippen molar-refractivity contribution in [1.82, 2.24) is 4.90 Å². The van der Waals surface area contributed by atoms with E-state index >= 15 is 0 Å². The number of hydrogen-bond donors (Lipinski definition) is 1. The van der Waals surface area contributed by atoms with Crippen LogP contribution in [-0.4, -0.2) is 41.6 Å². The van der Waals surface area contributed by atoms with Crippen LogP contribution in [0.25, 0.3) is 0 Å². The summed E-state index contributed by atoms with van der Waals surface area (Å²) in [4.78, 5) is 25.7. The number of aliphatic hydroxyl groups is 1. The number of carboxylic acid groups (broad SMARTS) is 1. The zero-order chi connectivity index (χ0) is 17.2. The molecule has 25 heavy (non-hydrogen) atoms. The molecular formula is C19H24KNO4. The number of nitrogens with zero attached hydrogens (tertiary/aromatic N) is 1. The number of piperidine rings is 1. The fourth-order valence-electron chi connectivity index (χ4n) is 3.73. The van der Waals surface area contributed by atoms with E-state index in [2.05, 4.69) is 0 Å². The Morgan fingerprint density at radius 1 is 1.16 bits per heavy atom. The third kappa shape index (κ3) is 4.54. The molecule has 1 aliphatic heterocycles. The minimum absolute atomic E-state index is 0. The van der Waals surface area contributed by atoms with E-state index in [1.165, 1.54) is 24.8 Å². The monoisotopic (exact) mass is 369 g/mol. The van der Waals surface area contributed by atoms with E-state index in [1.807, 2.05) is 24.3 Å². The van der Waals surface area contributed by atoms with Crippen molar-refractivity contribution < 1.29 is 71.2 Å². The topological polar surface area (TPSA) is 80.7 Å². The van der Waals surface area contributed by atoms with Crippen molar-refractivity contribution in [3.05, 3.63) is 35.4 Å². The number of aliphatic carboxylic acids is 1. The van der Waals surface area contributed by atoms with Gasteiger partial charge in [0.2, 0.25) is 0 Å². The summed E-state index contributed by atoms with van der Waals surface area (Å²) in [7, 11) is 0. The van der Waals surface area contributed by atoms with Gasteiger partial charge in [0.05, 0.1) is 0 Å². The number of benzene rings is 1. The third-order valence-corrected chi connectivity index (χ3v) is 5.77. The van der Waals surface area contributed by atoms with Crippen LogP contribution < -0.4 is 56.5 Å². The van der Waals surface area contributed by atoms with Gasteiger partial charge in [-0.3, -0.25) is 4.79 Å². The first-order valence-corrected chi connectivity index (χ1v) is 8.77. The largest absolute Gasteiger partial charge is 1.00 e. The minimum atomic E-state index is -1.12. The van der Waals surface area contributed by atoms with Gasteiger partial charge >= 0.3 is 51.4 Å². The predicted octanol–water partition coefficient (Wildman–Crippen LogP) is -1.69. The van der Waals surface area contributed by atoms with Crippen LogP contribution in [0.2, 0.25) is 0 Å². The normalized spacial score (nSPS) is 19.6. The molecule has 2 aliphatic rings. The maximum Gasteiger partial charge on any atom is 1.00 e. The van der Waals surface area contributed by atoms with E-state index in [1.54, 1.807) is 4.90 Å². The van der Waals surface area contributed by atoms with Gasteiger partial charge in [-0.25, -0.2) is 0 Å². The van der Waals surface area contributed by atoms with Gasteiger partial charge < -0.3 is 19.9 Å². The van der Waals surface area contributed by atoms with Gasteiger partial charge in [-0.1, -0.05) is 18.6 Å². The molecule has 1 aromatic carbocycles. The van der Waals surface area contributed by atoms with Crippen LogP contribution in [0.15, 0.2) is 24.3 Å². The first-order valence-electron chi connectivity index (χ1n) is 8.77. The Morgan fingerprint density at radius 2 is 1.76 bits per heavy atom. The molecular weight excluding hydrogens is 345 g/mol. The van der Waals surface area contributed by atoms with E-state index in [-0.39, 0.29) is 70.3 Å². The van der Waals surface area contributed by atoms with Crippen LogP contribution in [-0.2, 0) is 4.79 Å². The number of likely N-dealkylation sites (tertiary alicyclic amines) is 1. The summed E-state index contributed by atoms with van der Waals surface area (Å²) < 4.78 is 0. The summed E-state index contributed by atoms with van der Waals surface area (Å²) in [5, 5.41) is 20.5. The number of rotatable bonds is 5. The molecule has 5 nitrogen and oxygen atoms in total. The molecule has 3 rings (SSSR count). The van der Waals surface area contributed by atoms with Gasteiger partial charge in [-0.2, -0.15) is 0 Å². The average molecular weight is 370 g/mol. The standard InChI is InChI=1S/C19H25NO4.K/c21-13-10-19(18(23)24)8-11-20(12-9-19)17(22)16-6-4-15(5-7-16)14-2-1-3-14;/h4-7,14,21H,1-3,8-13H2,(H,23,24);/q;+1/p-1. The SMILES string of the molecule is O=C(c1ccc(C2CCC2)cc1)N1CCC(CCO)(C(=O)[O-])CC1.[K+]. The van der Waals surface area contributed by atoms with Crippen LogP contribution in [0.3, 0.4) is 0 Å². The summed E-state index contributed by atoms with van der Waals surface area (Å²) in [5.41, 5.74) is 0.955. The number of aliphatic hydroxyl groups excluding tert-OH is 1. The average Bonchev–Trinajstić information content (AvgIpc) is 2.54. The number of hydrogen-bond acceptors (Lipinski definition) is 4. The minimum Gasteiger partial charge on any atom is -0.550 e. The predicted molar refractivity (Wildman–Crippen MR) is 87.3 cm³/mol. The molecule has 1 aliphatic carbocycles. The fraction of sp³-hybridized carbons (Fsp3) is 0.579. The van der Waals surface area contributed by atoms with Crippen molar-refractivity contribution >= 4 is 11.9 Å². The second-order valence-electron chi connectivity index (χ2n) is 7.08. The molecule has 0 aromatic heterocycles. The van der Waals surface area contributed by atoms with Crippen LogP contribution >= 0.6 is 0 Å². The Kier molecular flexibility index (Phi) is 7.67. The molecule has 130 valence electrons. The van der Waals surface area contributed by atoms with Gasteiger partial charge in [0.15, 0.2) is 0 Å². The van der Waals surface area contributed by atoms with Crippen molar-refractivity contribution in [1.29, 1.82) is 0 Å². The molecule has 0 bridgehead atoms. The fourth-order valence-corrected chi connectivity index (χ4v) is 3.73. The van der Waals surface area contributed by atoms with Crippen LogP contribution in [0.1, 0.15) is 60.4 Å². The molecule has 1 saturated heterocycles. The molecule has 1 heterocycles. The Labute approximate surface area is 191 Å². The maximum absolute atomic E-state index is 12.6. The van der Waals surface area contributed by atoms with E-state index in [4.69, 9.17) is 5.11 Å². The second-order valence-corrected chi connectivity index (χ2v) is 7.08. The number of carboxylic acids is 1. The summed E-state index contributed by atoms with van der Waals surface area (Å²) in [6, 6.07) is 7.84. The Hall–Kier alpha value is -0.244. The first-order chi connectivity index (χ1) is 11.6. The first kappa shape index (κ1) is 21.1. The van der Waals surface area contributed by atoms with Gasteiger partial charge in [-0.05, 0) is 55.7 Å². The Morgan fingerprint density at radius 3 is 2.20 bits per heavy atom. The number of amides is 1. The molecule has 2 fully saturated rings. The number of carbonyl (C=O) groups excluding carboxylic acids is 2. The molecule has 6 heteroatoms. The zero-order valence-electron chi connectivity index (χ0n) is 14.9. The molecule has 0 atom stereocenters. The van der Waals surface area contributed by atoms with Gasteiger partial charge in [0.25, 0.3) is 5.91 Å². The van der Waals surface area contributed by atoms with E-state index in [9.17, 15) is 14.7 Å². The van der Waals surface area contributed by atoms with E-state index < -0.39 is 11.4 Å². The van der Waals surface area contributed by atoms with Gasteiger partial charge in [0.1, 0.15) is 0 Å². The Bertz CT molecular complexity index is 604. The summed E-state index contributed by atoms with van der Waals surface area (Å²) in [6.45, 7) is 0.596. The molecule has 1 saturated carbocycles. The van der Waals surface area contributed by atoms with Crippen molar-refractivity contribution in [2.45, 2.75) is 44.4 Å². The summed E-state index contributed by atoms with van der Waals surface area (Å²) in [6.07, 6.45) is 4.61. The van der Waals surface area contributed by atoms with Crippen LogP contribution in [0.5, 0.6) is 0 Å². The Balaban J connectivity index is 0.00000225. The van der Waals surface area contributed by atoms with E-state index in [0.717, 1.165) is 0 Å². The molecule has 0 radical (unpaired) electrons. The quantitative estimate of drug-likeness (QED) is 0.628. The van der Waals surface area contributed by atoms with Gasteiger partial charge in [0, 0.05) is 36.6 Å². The van der Waals surface area contributed by atoms with Crippen molar-refractivity contribution in [3.63, 3.8) is 0 Å². The molecule has 1 aromatic rings. The number of carbonyl (C=O) groups is 2. The molecule has 1 amide bonds. The zero-order valence-corrected chi connectivity index (χ0v) is 18.0. The third-order valence-electron chi connectivity index (χ3n) is 5.77. The van der Waals surface area contributed by atoms with Crippen molar-refractivity contribution in [3.8, 4) is 0 Å². The van der Waals surface area contributed by atoms with Crippen LogP contribution in [0.4, 0.5) is 0 Å². The molecule has 0 unspecified atom stereocenters. The van der Waals surface area contributed by atoms with Crippen molar-refractivity contribution in [2.75, 3.05) is 19.7 Å². The van der Waals surface area contributed by atoms with Gasteiger partial charge in [-0.15, -0.1) is 0 Å². The van der Waals surface area contributed by atoms with Crippen LogP contribution in [0, 0.1) is 5.41 Å². The smallest absolute Gasteiger partial charge is 0.550 e. The summed E-state index contributed by atoms with van der Waals surface area (Å²) >= 11 is 0. The summed E-state index contributed by atoms with van der Waals surface area (Å²) in [5.74, 6) is -0.522. The molecule has 0 spiro atoms. The second kappa shape index (κ2) is 9.11. The van der Waals surface area contributed by atoms with E-state index in [0.29, 0.717) is 37.4 Å². The molecule has 1 N–H and O–H groups in total.